The Morgan fingerprint density at radius 3 is 2.18 bits per heavy atom. The number of hydrogen-bond acceptors (Lipinski definition) is 3. The van der Waals surface area contributed by atoms with E-state index >= 15 is 0 Å². The van der Waals surface area contributed by atoms with Crippen LogP contribution in [0.3, 0.4) is 0 Å². The van der Waals surface area contributed by atoms with Crippen molar-refractivity contribution in [1.82, 2.24) is 9.55 Å². The van der Waals surface area contributed by atoms with Crippen LogP contribution < -0.4 is 4.74 Å². The van der Waals surface area contributed by atoms with E-state index in [1.165, 1.54) is 5.56 Å². The van der Waals surface area contributed by atoms with Crippen molar-refractivity contribution in [2.75, 3.05) is 0 Å². The molecule has 0 bridgehead atoms. The molecule has 28 heavy (non-hydrogen) atoms. The molecule has 4 aromatic rings. The quantitative estimate of drug-likeness (QED) is 0.482. The first-order valence-corrected chi connectivity index (χ1v) is 9.46. The number of nitrogens with zero attached hydrogens (tertiary/aromatic N) is 2. The van der Waals surface area contributed by atoms with E-state index < -0.39 is 0 Å². The second kappa shape index (κ2) is 6.98. The molecule has 0 saturated heterocycles. The summed E-state index contributed by atoms with van der Waals surface area (Å²) in [5, 5.41) is 10.0. The number of ether oxygens (including phenoxy) is 1. The maximum Gasteiger partial charge on any atom is 0.136 e. The summed E-state index contributed by atoms with van der Waals surface area (Å²) in [6.07, 6.45) is 0.862. The molecule has 0 fully saturated rings. The number of benzene rings is 3. The number of aliphatic hydroxyl groups excluding tert-OH is 1. The van der Waals surface area contributed by atoms with Crippen molar-refractivity contribution in [3.63, 3.8) is 0 Å². The molecule has 0 amide bonds. The smallest absolute Gasteiger partial charge is 0.136 e. The van der Waals surface area contributed by atoms with E-state index in [4.69, 9.17) is 9.72 Å². The van der Waals surface area contributed by atoms with Crippen LogP contribution in [0, 0.1) is 0 Å². The summed E-state index contributed by atoms with van der Waals surface area (Å²) >= 11 is 0. The minimum Gasteiger partial charge on any atom is -0.456 e. The second-order valence-corrected chi connectivity index (χ2v) is 6.86. The monoisotopic (exact) mass is 368 g/mol. The maximum absolute atomic E-state index is 10.0. The Labute approximate surface area is 163 Å². The van der Waals surface area contributed by atoms with E-state index in [0.717, 1.165) is 47.0 Å². The number of fused-ring (bicyclic) bond motifs is 5. The Morgan fingerprint density at radius 2 is 1.43 bits per heavy atom. The van der Waals surface area contributed by atoms with Crippen LogP contribution >= 0.6 is 0 Å². The summed E-state index contributed by atoms with van der Waals surface area (Å²) in [4.78, 5) is 4.81. The van der Waals surface area contributed by atoms with Crippen LogP contribution in [-0.4, -0.2) is 14.7 Å². The zero-order chi connectivity index (χ0) is 18.9. The largest absolute Gasteiger partial charge is 0.456 e. The normalized spacial score (nSPS) is 11.8. The van der Waals surface area contributed by atoms with Gasteiger partial charge in [0.2, 0.25) is 0 Å². The fourth-order valence-corrected chi connectivity index (χ4v) is 3.83. The van der Waals surface area contributed by atoms with E-state index in [2.05, 4.69) is 34.9 Å². The zero-order valence-electron chi connectivity index (χ0n) is 15.4. The Hall–Kier alpha value is -3.37. The molecule has 0 aliphatic carbocycles. The van der Waals surface area contributed by atoms with Crippen molar-refractivity contribution in [2.24, 2.45) is 0 Å². The Balaban J connectivity index is 1.70. The number of para-hydroxylation sites is 2. The van der Waals surface area contributed by atoms with Crippen LogP contribution in [0.25, 0.3) is 22.5 Å². The minimum atomic E-state index is -0.104. The van der Waals surface area contributed by atoms with Crippen molar-refractivity contribution < 1.29 is 9.84 Å². The molecule has 0 atom stereocenters. The molecule has 1 aliphatic rings. The molecule has 1 aliphatic heterocycles. The summed E-state index contributed by atoms with van der Waals surface area (Å²) in [7, 11) is 0. The molecule has 3 aromatic carbocycles. The Kier molecular flexibility index (Phi) is 4.18. The number of aromatic nitrogens is 2. The molecule has 0 saturated carbocycles. The predicted octanol–water partition coefficient (Wildman–Crippen LogP) is 5.06. The molecule has 5 rings (SSSR count). The van der Waals surface area contributed by atoms with Crippen molar-refractivity contribution in [2.45, 2.75) is 19.6 Å². The first-order chi connectivity index (χ1) is 13.8. The molecular weight excluding hydrogens is 348 g/mol. The van der Waals surface area contributed by atoms with Crippen molar-refractivity contribution >= 4 is 0 Å². The molecule has 1 N–H and O–H groups in total. The number of rotatable bonds is 4. The van der Waals surface area contributed by atoms with Gasteiger partial charge in [0.05, 0.1) is 5.69 Å². The SMILES string of the molecule is OCc1nc2c(n1CCc1ccccc1)-c1ccccc1Oc1ccccc1-2. The van der Waals surface area contributed by atoms with E-state index in [0.29, 0.717) is 5.82 Å². The van der Waals surface area contributed by atoms with Gasteiger partial charge in [-0.25, -0.2) is 4.98 Å². The lowest BCUT2D eigenvalue weighted by Crippen LogP contribution is -2.08. The number of hydrogen-bond donors (Lipinski definition) is 1. The molecule has 0 unspecified atom stereocenters. The maximum atomic E-state index is 10.0. The average Bonchev–Trinajstić information content (AvgIpc) is 3.05. The van der Waals surface area contributed by atoms with Gasteiger partial charge < -0.3 is 14.4 Å². The summed E-state index contributed by atoms with van der Waals surface area (Å²) in [6, 6.07) is 26.3. The van der Waals surface area contributed by atoms with Crippen LogP contribution in [0.15, 0.2) is 78.9 Å². The van der Waals surface area contributed by atoms with Gasteiger partial charge in [-0.3, -0.25) is 0 Å². The number of aliphatic hydroxyl groups is 1. The number of aryl methyl sites for hydroxylation is 1. The van der Waals surface area contributed by atoms with Gasteiger partial charge in [-0.2, -0.15) is 0 Å². The van der Waals surface area contributed by atoms with Gasteiger partial charge in [0, 0.05) is 17.7 Å². The highest BCUT2D eigenvalue weighted by molar-refractivity contribution is 5.87. The second-order valence-electron chi connectivity index (χ2n) is 6.86. The topological polar surface area (TPSA) is 47.3 Å². The van der Waals surface area contributed by atoms with Crippen LogP contribution in [0.5, 0.6) is 11.5 Å². The Morgan fingerprint density at radius 1 is 0.786 bits per heavy atom. The van der Waals surface area contributed by atoms with Gasteiger partial charge in [-0.1, -0.05) is 54.6 Å². The third-order valence-corrected chi connectivity index (χ3v) is 5.16. The van der Waals surface area contributed by atoms with Crippen molar-refractivity contribution in [3.8, 4) is 34.0 Å². The lowest BCUT2D eigenvalue weighted by molar-refractivity contribution is 0.265. The summed E-state index contributed by atoms with van der Waals surface area (Å²) in [6.45, 7) is 0.631. The lowest BCUT2D eigenvalue weighted by Gasteiger charge is -2.13. The average molecular weight is 368 g/mol. The zero-order valence-corrected chi connectivity index (χ0v) is 15.4. The molecule has 2 heterocycles. The highest BCUT2D eigenvalue weighted by Crippen LogP contribution is 2.46. The third-order valence-electron chi connectivity index (χ3n) is 5.16. The van der Waals surface area contributed by atoms with E-state index in [9.17, 15) is 5.11 Å². The molecule has 1 aromatic heterocycles. The van der Waals surface area contributed by atoms with E-state index in [1.807, 2.05) is 48.5 Å². The fraction of sp³-hybridized carbons (Fsp3) is 0.125. The highest BCUT2D eigenvalue weighted by Gasteiger charge is 2.27. The van der Waals surface area contributed by atoms with Gasteiger partial charge in [-0.15, -0.1) is 0 Å². The van der Waals surface area contributed by atoms with Crippen LogP contribution in [0.1, 0.15) is 11.4 Å². The first-order valence-electron chi connectivity index (χ1n) is 9.46. The van der Waals surface area contributed by atoms with Gasteiger partial charge in [0.1, 0.15) is 29.6 Å². The lowest BCUT2D eigenvalue weighted by atomic mass is 10.0. The minimum absolute atomic E-state index is 0.104. The van der Waals surface area contributed by atoms with Crippen molar-refractivity contribution in [3.05, 3.63) is 90.3 Å². The van der Waals surface area contributed by atoms with Crippen LogP contribution in [-0.2, 0) is 19.6 Å². The van der Waals surface area contributed by atoms with Gasteiger partial charge in [0.25, 0.3) is 0 Å². The molecule has 0 spiro atoms. The van der Waals surface area contributed by atoms with Gasteiger partial charge in [0.15, 0.2) is 0 Å². The Bertz CT molecular complexity index is 1130. The summed E-state index contributed by atoms with van der Waals surface area (Å²) in [5.41, 5.74) is 5.06. The molecular formula is C24H20N2O2. The van der Waals surface area contributed by atoms with E-state index in [1.54, 1.807) is 0 Å². The van der Waals surface area contributed by atoms with Gasteiger partial charge >= 0.3 is 0 Å². The predicted molar refractivity (Wildman–Crippen MR) is 109 cm³/mol. The van der Waals surface area contributed by atoms with E-state index in [-0.39, 0.29) is 6.61 Å². The molecule has 4 nitrogen and oxygen atoms in total. The van der Waals surface area contributed by atoms with Crippen LogP contribution in [0.2, 0.25) is 0 Å². The highest BCUT2D eigenvalue weighted by atomic mass is 16.5. The van der Waals surface area contributed by atoms with Crippen molar-refractivity contribution in [1.29, 1.82) is 0 Å². The van der Waals surface area contributed by atoms with Crippen LogP contribution in [0.4, 0.5) is 0 Å². The summed E-state index contributed by atoms with van der Waals surface area (Å²) < 4.78 is 8.35. The molecule has 0 radical (unpaired) electrons. The van der Waals surface area contributed by atoms with Gasteiger partial charge in [-0.05, 0) is 36.2 Å². The summed E-state index contributed by atoms with van der Waals surface area (Å²) in [5.74, 6) is 2.26. The molecule has 138 valence electrons. The number of imidazole rings is 1. The first kappa shape index (κ1) is 16.8. The third kappa shape index (κ3) is 2.79. The standard InChI is InChI=1S/C24H20N2O2/c27-16-22-25-23-18-10-4-6-12-20(18)28-21-13-7-5-11-19(21)24(23)26(22)15-14-17-8-2-1-3-9-17/h1-13,27H,14-16H2. The fourth-order valence-electron chi connectivity index (χ4n) is 3.83. The molecule has 4 heteroatoms.